The van der Waals surface area contributed by atoms with E-state index in [4.69, 9.17) is 9.47 Å². The molecule has 0 spiro atoms. The first-order chi connectivity index (χ1) is 6.27. The molecule has 0 aliphatic heterocycles. The van der Waals surface area contributed by atoms with Crippen molar-refractivity contribution in [2.75, 3.05) is 33.0 Å². The number of amides is 1. The van der Waals surface area contributed by atoms with Gasteiger partial charge in [-0.05, 0) is 6.92 Å². The van der Waals surface area contributed by atoms with E-state index in [2.05, 4.69) is 5.32 Å². The molecule has 1 N–H and O–H groups in total. The molecule has 0 fully saturated rings. The summed E-state index contributed by atoms with van der Waals surface area (Å²) in [5, 5.41) is 2.46. The average Bonchev–Trinajstić information content (AvgIpc) is 2.09. The van der Waals surface area contributed by atoms with Crippen LogP contribution in [0.1, 0.15) is 6.92 Å². The van der Waals surface area contributed by atoms with Gasteiger partial charge in [-0.15, -0.1) is 0 Å². The van der Waals surface area contributed by atoms with Crippen molar-refractivity contribution in [3.05, 3.63) is 0 Å². The van der Waals surface area contributed by atoms with Crippen LogP contribution in [0.5, 0.6) is 0 Å². The van der Waals surface area contributed by atoms with Crippen LogP contribution in [-0.2, 0) is 19.1 Å². The van der Waals surface area contributed by atoms with Gasteiger partial charge in [-0.1, -0.05) is 0 Å². The second-order valence-corrected chi connectivity index (χ2v) is 2.44. The maximum absolute atomic E-state index is 10.4. The van der Waals surface area contributed by atoms with Crippen molar-refractivity contribution in [2.45, 2.75) is 6.92 Å². The van der Waals surface area contributed by atoms with E-state index in [0.717, 1.165) is 0 Å². The smallest absolute Gasteiger partial charge is 0.207 e. The van der Waals surface area contributed by atoms with Crippen LogP contribution in [0, 0.1) is 0 Å². The number of ketones is 1. The molecule has 0 rings (SSSR count). The SMILES string of the molecule is CC(=O)COCCOCCNC=O. The predicted octanol–water partition coefficient (Wildman–Crippen LogP) is -0.645. The molecule has 0 aliphatic carbocycles. The molecule has 0 aliphatic rings. The summed E-state index contributed by atoms with van der Waals surface area (Å²) < 4.78 is 10.00. The number of nitrogens with one attached hydrogen (secondary N) is 1. The van der Waals surface area contributed by atoms with Crippen molar-refractivity contribution >= 4 is 12.2 Å². The summed E-state index contributed by atoms with van der Waals surface area (Å²) in [6.07, 6.45) is 0.621. The van der Waals surface area contributed by atoms with Crippen molar-refractivity contribution in [1.82, 2.24) is 5.32 Å². The second kappa shape index (κ2) is 9.15. The zero-order chi connectivity index (χ0) is 9.94. The van der Waals surface area contributed by atoms with Crippen molar-refractivity contribution < 1.29 is 19.1 Å². The second-order valence-electron chi connectivity index (χ2n) is 2.44. The lowest BCUT2D eigenvalue weighted by molar-refractivity contribution is -0.122. The van der Waals surface area contributed by atoms with E-state index < -0.39 is 0 Å². The third-order valence-corrected chi connectivity index (χ3v) is 1.15. The molecule has 1 amide bonds. The summed E-state index contributed by atoms with van der Waals surface area (Å²) in [7, 11) is 0. The fourth-order valence-electron chi connectivity index (χ4n) is 0.626. The Balaban J connectivity index is 2.91. The molecule has 0 aromatic carbocycles. The fraction of sp³-hybridized carbons (Fsp3) is 0.750. The first-order valence-corrected chi connectivity index (χ1v) is 4.09. The highest BCUT2D eigenvalue weighted by molar-refractivity contribution is 5.76. The van der Waals surface area contributed by atoms with Gasteiger partial charge in [-0.25, -0.2) is 0 Å². The molecule has 0 unspecified atom stereocenters. The molecule has 0 saturated carbocycles. The maximum atomic E-state index is 10.4. The van der Waals surface area contributed by atoms with Crippen LogP contribution in [0.3, 0.4) is 0 Å². The number of Topliss-reactive ketones (excluding diaryl/α,β-unsaturated/α-hetero) is 1. The third kappa shape index (κ3) is 11.1. The zero-order valence-electron chi connectivity index (χ0n) is 7.75. The average molecular weight is 189 g/mol. The van der Waals surface area contributed by atoms with E-state index in [9.17, 15) is 9.59 Å². The van der Waals surface area contributed by atoms with Crippen LogP contribution in [0.4, 0.5) is 0 Å². The third-order valence-electron chi connectivity index (χ3n) is 1.15. The monoisotopic (exact) mass is 189 g/mol. The molecule has 5 nitrogen and oxygen atoms in total. The Morgan fingerprint density at radius 3 is 2.62 bits per heavy atom. The van der Waals surface area contributed by atoms with E-state index in [0.29, 0.717) is 32.8 Å². The fourth-order valence-corrected chi connectivity index (χ4v) is 0.626. The van der Waals surface area contributed by atoms with Crippen LogP contribution >= 0.6 is 0 Å². The highest BCUT2D eigenvalue weighted by atomic mass is 16.5. The Morgan fingerprint density at radius 2 is 2.00 bits per heavy atom. The Labute approximate surface area is 77.4 Å². The first kappa shape index (κ1) is 12.1. The lowest BCUT2D eigenvalue weighted by atomic mass is 10.5. The van der Waals surface area contributed by atoms with Gasteiger partial charge in [0.05, 0.1) is 19.8 Å². The minimum atomic E-state index is 0.00243. The highest BCUT2D eigenvalue weighted by Crippen LogP contribution is 1.79. The van der Waals surface area contributed by atoms with Gasteiger partial charge >= 0.3 is 0 Å². The molecule has 0 saturated heterocycles. The van der Waals surface area contributed by atoms with Crippen LogP contribution in [0.2, 0.25) is 0 Å². The van der Waals surface area contributed by atoms with Gasteiger partial charge in [0, 0.05) is 6.54 Å². The molecule has 0 aromatic rings. The van der Waals surface area contributed by atoms with Crippen LogP contribution < -0.4 is 5.32 Å². The van der Waals surface area contributed by atoms with E-state index in [1.165, 1.54) is 6.92 Å². The molecule has 0 radical (unpaired) electrons. The van der Waals surface area contributed by atoms with Crippen LogP contribution in [-0.4, -0.2) is 45.2 Å². The number of hydrogen-bond acceptors (Lipinski definition) is 4. The quantitative estimate of drug-likeness (QED) is 0.387. The number of carbonyl (C=O) groups is 2. The Bertz CT molecular complexity index is 149. The van der Waals surface area contributed by atoms with E-state index in [1.807, 2.05) is 0 Å². The summed E-state index contributed by atoms with van der Waals surface area (Å²) >= 11 is 0. The minimum absolute atomic E-state index is 0.00243. The molecule has 0 aromatic heterocycles. The van der Waals surface area contributed by atoms with Gasteiger partial charge in [0.15, 0.2) is 5.78 Å². The van der Waals surface area contributed by atoms with Crippen LogP contribution in [0.25, 0.3) is 0 Å². The molecule has 5 heteroatoms. The Hall–Kier alpha value is -0.940. The first-order valence-electron chi connectivity index (χ1n) is 4.09. The topological polar surface area (TPSA) is 64.6 Å². The van der Waals surface area contributed by atoms with Crippen molar-refractivity contribution in [3.8, 4) is 0 Å². The standard InChI is InChI=1S/C8H15NO4/c1-8(11)6-13-5-4-12-3-2-9-7-10/h7H,2-6H2,1H3,(H,9,10). The number of rotatable bonds is 9. The van der Waals surface area contributed by atoms with E-state index in [-0.39, 0.29) is 12.4 Å². The van der Waals surface area contributed by atoms with Gasteiger partial charge < -0.3 is 14.8 Å². The lowest BCUT2D eigenvalue weighted by Gasteiger charge is -2.03. The summed E-state index contributed by atoms with van der Waals surface area (Å²) in [6, 6.07) is 0. The molecule has 0 atom stereocenters. The molecule has 0 bridgehead atoms. The van der Waals surface area contributed by atoms with Crippen molar-refractivity contribution in [1.29, 1.82) is 0 Å². The van der Waals surface area contributed by atoms with Gasteiger partial charge in [-0.3, -0.25) is 9.59 Å². The highest BCUT2D eigenvalue weighted by Gasteiger charge is 1.92. The van der Waals surface area contributed by atoms with Crippen LogP contribution in [0.15, 0.2) is 0 Å². The molecular weight excluding hydrogens is 174 g/mol. The normalized spacial score (nSPS) is 9.62. The Kier molecular flexibility index (Phi) is 8.49. The number of ether oxygens (including phenoxy) is 2. The predicted molar refractivity (Wildman–Crippen MR) is 46.4 cm³/mol. The summed E-state index contributed by atoms with van der Waals surface area (Å²) in [5.41, 5.74) is 0. The molecule has 76 valence electrons. The van der Waals surface area contributed by atoms with Gasteiger partial charge in [0.1, 0.15) is 6.61 Å². The summed E-state index contributed by atoms with van der Waals surface area (Å²) in [4.78, 5) is 20.2. The summed E-state index contributed by atoms with van der Waals surface area (Å²) in [6.45, 7) is 3.40. The summed E-state index contributed by atoms with van der Waals surface area (Å²) in [5.74, 6) is 0.00243. The zero-order valence-corrected chi connectivity index (χ0v) is 7.75. The maximum Gasteiger partial charge on any atom is 0.207 e. The van der Waals surface area contributed by atoms with Gasteiger partial charge in [-0.2, -0.15) is 0 Å². The van der Waals surface area contributed by atoms with Gasteiger partial charge in [0.25, 0.3) is 0 Å². The van der Waals surface area contributed by atoms with Gasteiger partial charge in [0.2, 0.25) is 6.41 Å². The van der Waals surface area contributed by atoms with Crippen molar-refractivity contribution in [2.24, 2.45) is 0 Å². The van der Waals surface area contributed by atoms with E-state index in [1.54, 1.807) is 0 Å². The minimum Gasteiger partial charge on any atom is -0.377 e. The van der Waals surface area contributed by atoms with E-state index >= 15 is 0 Å². The largest absolute Gasteiger partial charge is 0.377 e. The molecule has 0 heterocycles. The lowest BCUT2D eigenvalue weighted by Crippen LogP contribution is -2.19. The molecular formula is C8H15NO4. The number of carbonyl (C=O) groups excluding carboxylic acids is 2. The van der Waals surface area contributed by atoms with Crippen molar-refractivity contribution in [3.63, 3.8) is 0 Å². The number of hydrogen-bond donors (Lipinski definition) is 1. The molecule has 13 heavy (non-hydrogen) atoms. The Morgan fingerprint density at radius 1 is 1.31 bits per heavy atom.